The summed E-state index contributed by atoms with van der Waals surface area (Å²) in [6.07, 6.45) is 8.05. The number of anilines is 1. The highest BCUT2D eigenvalue weighted by Crippen LogP contribution is 2.34. The number of carbonyl (C=O) groups is 2. The summed E-state index contributed by atoms with van der Waals surface area (Å²) in [5, 5.41) is 21.7. The smallest absolute Gasteiger partial charge is 0.336 e. The Labute approximate surface area is 233 Å². The fraction of sp³-hybridized carbons (Fsp3) is 0.182. The lowest BCUT2D eigenvalue weighted by Gasteiger charge is -2.31. The summed E-state index contributed by atoms with van der Waals surface area (Å²) in [5.41, 5.74) is 5.95. The van der Waals surface area contributed by atoms with E-state index in [2.05, 4.69) is 16.3 Å². The highest BCUT2D eigenvalue weighted by atomic mass is 16.5. The number of nitrogens with zero attached hydrogens (tertiary/aromatic N) is 2. The van der Waals surface area contributed by atoms with Crippen LogP contribution in [0.4, 0.5) is 5.69 Å². The number of nitriles is 1. The number of benzene rings is 3. The first-order valence-electron chi connectivity index (χ1n) is 13.1. The molecule has 7 nitrogen and oxygen atoms in total. The molecule has 40 heavy (non-hydrogen) atoms. The van der Waals surface area contributed by atoms with Crippen LogP contribution in [-0.4, -0.2) is 36.2 Å². The van der Waals surface area contributed by atoms with Gasteiger partial charge in [-0.3, -0.25) is 4.79 Å². The molecule has 2 aliphatic rings. The molecule has 3 aromatic rings. The SMILES string of the molecule is C[C@@H](NC(=O)c1ccc2c(c1)OCCN2Cc1ccc(-c2ccccc2C(=O)O)cc1)C1=CC=C(C#N)C=CC1. The first-order valence-corrected chi connectivity index (χ1v) is 13.1. The lowest BCUT2D eigenvalue weighted by Crippen LogP contribution is -2.35. The van der Waals surface area contributed by atoms with Crippen molar-refractivity contribution < 1.29 is 19.4 Å². The summed E-state index contributed by atoms with van der Waals surface area (Å²) < 4.78 is 5.92. The van der Waals surface area contributed by atoms with E-state index in [0.717, 1.165) is 22.4 Å². The monoisotopic (exact) mass is 531 g/mol. The molecule has 0 spiro atoms. The third-order valence-corrected chi connectivity index (χ3v) is 7.14. The predicted molar refractivity (Wildman–Crippen MR) is 154 cm³/mol. The number of carboxylic acids is 1. The summed E-state index contributed by atoms with van der Waals surface area (Å²) >= 11 is 0. The Morgan fingerprint density at radius 2 is 1.90 bits per heavy atom. The fourth-order valence-corrected chi connectivity index (χ4v) is 4.92. The maximum atomic E-state index is 13.0. The normalized spacial score (nSPS) is 14.9. The van der Waals surface area contributed by atoms with Crippen LogP contribution in [0, 0.1) is 11.3 Å². The molecular weight excluding hydrogens is 502 g/mol. The number of hydrogen-bond acceptors (Lipinski definition) is 5. The molecular formula is C33H29N3O4. The van der Waals surface area contributed by atoms with Crippen molar-refractivity contribution in [3.8, 4) is 22.9 Å². The van der Waals surface area contributed by atoms with Gasteiger partial charge < -0.3 is 20.1 Å². The molecule has 0 saturated heterocycles. The van der Waals surface area contributed by atoms with Crippen LogP contribution in [0.15, 0.2) is 102 Å². The van der Waals surface area contributed by atoms with Crippen LogP contribution < -0.4 is 15.0 Å². The number of ether oxygens (including phenoxy) is 1. The van der Waals surface area contributed by atoms with Gasteiger partial charge in [-0.25, -0.2) is 4.79 Å². The van der Waals surface area contributed by atoms with Crippen LogP contribution in [0.5, 0.6) is 5.75 Å². The standard InChI is InChI=1S/C33H29N3O4/c1-22(25-6-4-5-23(20-34)9-12-25)35-32(37)27-15-16-30-31(19-27)40-18-17-36(30)21-24-10-13-26(14-11-24)28-7-2-3-8-29(28)33(38)39/h2-5,7-16,19,22H,6,17-18,21H2,1H3,(H,35,37)(H,38,39)/t22-/m1/s1. The Kier molecular flexibility index (Phi) is 7.79. The highest BCUT2D eigenvalue weighted by molar-refractivity contribution is 5.96. The molecule has 3 aromatic carbocycles. The highest BCUT2D eigenvalue weighted by Gasteiger charge is 2.21. The largest absolute Gasteiger partial charge is 0.490 e. The van der Waals surface area contributed by atoms with Gasteiger partial charge in [0.15, 0.2) is 0 Å². The minimum absolute atomic E-state index is 0.188. The number of rotatable bonds is 7. The van der Waals surface area contributed by atoms with Gasteiger partial charge >= 0.3 is 5.97 Å². The molecule has 5 rings (SSSR count). The Hall–Kier alpha value is -5.09. The van der Waals surface area contributed by atoms with Crippen molar-refractivity contribution in [3.05, 3.63) is 119 Å². The number of aromatic carboxylic acids is 1. The number of nitrogens with one attached hydrogen (secondary N) is 1. The summed E-state index contributed by atoms with van der Waals surface area (Å²) in [5.74, 6) is -0.472. The second kappa shape index (κ2) is 11.7. The zero-order valence-corrected chi connectivity index (χ0v) is 22.1. The molecule has 200 valence electrons. The second-order valence-electron chi connectivity index (χ2n) is 9.78. The molecule has 1 aliphatic heterocycles. The van der Waals surface area contributed by atoms with Gasteiger partial charge in [0.25, 0.3) is 5.91 Å². The van der Waals surface area contributed by atoms with E-state index < -0.39 is 5.97 Å². The zero-order chi connectivity index (χ0) is 28.1. The number of hydrogen-bond donors (Lipinski definition) is 2. The van der Waals surface area contributed by atoms with E-state index in [1.165, 1.54) is 0 Å². The van der Waals surface area contributed by atoms with E-state index in [4.69, 9.17) is 10.00 Å². The zero-order valence-electron chi connectivity index (χ0n) is 22.1. The summed E-state index contributed by atoms with van der Waals surface area (Å²) in [6.45, 7) is 3.80. The van der Waals surface area contributed by atoms with Gasteiger partial charge in [0, 0.05) is 18.2 Å². The lowest BCUT2D eigenvalue weighted by molar-refractivity contribution is 0.0697. The third-order valence-electron chi connectivity index (χ3n) is 7.14. The average Bonchev–Trinajstić information content (AvgIpc) is 3.23. The number of fused-ring (bicyclic) bond motifs is 1. The van der Waals surface area contributed by atoms with Gasteiger partial charge in [0.2, 0.25) is 0 Å². The third kappa shape index (κ3) is 5.82. The van der Waals surface area contributed by atoms with Crippen molar-refractivity contribution in [2.24, 2.45) is 0 Å². The lowest BCUT2D eigenvalue weighted by atomic mass is 9.98. The van der Waals surface area contributed by atoms with E-state index in [1.807, 2.05) is 67.6 Å². The van der Waals surface area contributed by atoms with Gasteiger partial charge in [0.05, 0.1) is 29.4 Å². The number of amides is 1. The van der Waals surface area contributed by atoms with Crippen molar-refractivity contribution >= 4 is 17.6 Å². The van der Waals surface area contributed by atoms with E-state index in [9.17, 15) is 14.7 Å². The van der Waals surface area contributed by atoms with Crippen LogP contribution in [0.3, 0.4) is 0 Å². The average molecular weight is 532 g/mol. The Morgan fingerprint density at radius 3 is 2.67 bits per heavy atom. The van der Waals surface area contributed by atoms with Gasteiger partial charge in [-0.1, -0.05) is 54.6 Å². The molecule has 1 amide bonds. The van der Waals surface area contributed by atoms with Crippen LogP contribution in [0.25, 0.3) is 11.1 Å². The molecule has 0 bridgehead atoms. The van der Waals surface area contributed by atoms with Gasteiger partial charge in [-0.15, -0.1) is 0 Å². The molecule has 1 heterocycles. The number of carbonyl (C=O) groups excluding carboxylic acids is 1. The van der Waals surface area contributed by atoms with Crippen molar-refractivity contribution in [2.45, 2.75) is 25.9 Å². The summed E-state index contributed by atoms with van der Waals surface area (Å²) in [4.78, 5) is 26.9. The van der Waals surface area contributed by atoms with Crippen molar-refractivity contribution in [2.75, 3.05) is 18.1 Å². The van der Waals surface area contributed by atoms with Crippen LogP contribution in [0.1, 0.15) is 39.6 Å². The second-order valence-corrected chi connectivity index (χ2v) is 9.78. The molecule has 0 unspecified atom stereocenters. The molecule has 1 atom stereocenters. The summed E-state index contributed by atoms with van der Waals surface area (Å²) in [6, 6.07) is 22.4. The van der Waals surface area contributed by atoms with Gasteiger partial charge in [0.1, 0.15) is 12.4 Å². The van der Waals surface area contributed by atoms with Crippen molar-refractivity contribution in [1.29, 1.82) is 5.26 Å². The Bertz CT molecular complexity index is 1580. The van der Waals surface area contributed by atoms with E-state index in [1.54, 1.807) is 30.4 Å². The van der Waals surface area contributed by atoms with Crippen LogP contribution in [-0.2, 0) is 6.54 Å². The number of carboxylic acid groups (broad SMARTS) is 1. The van der Waals surface area contributed by atoms with Gasteiger partial charge in [-0.05, 0) is 72.0 Å². The molecule has 2 N–H and O–H groups in total. The van der Waals surface area contributed by atoms with Crippen molar-refractivity contribution in [1.82, 2.24) is 5.32 Å². The first-order chi connectivity index (χ1) is 19.4. The van der Waals surface area contributed by atoms with E-state index >= 15 is 0 Å². The first kappa shape index (κ1) is 26.5. The molecule has 0 saturated carbocycles. The molecule has 0 aromatic heterocycles. The number of allylic oxidation sites excluding steroid dienone is 5. The Morgan fingerprint density at radius 1 is 1.10 bits per heavy atom. The Balaban J connectivity index is 1.27. The fourth-order valence-electron chi connectivity index (χ4n) is 4.92. The summed E-state index contributed by atoms with van der Waals surface area (Å²) in [7, 11) is 0. The van der Waals surface area contributed by atoms with Crippen LogP contribution >= 0.6 is 0 Å². The van der Waals surface area contributed by atoms with E-state index in [0.29, 0.717) is 48.6 Å². The topological polar surface area (TPSA) is 103 Å². The van der Waals surface area contributed by atoms with Crippen LogP contribution in [0.2, 0.25) is 0 Å². The maximum absolute atomic E-state index is 13.0. The molecule has 0 radical (unpaired) electrons. The minimum Gasteiger partial charge on any atom is -0.490 e. The molecule has 0 fully saturated rings. The quantitative estimate of drug-likeness (QED) is 0.393. The minimum atomic E-state index is -0.947. The predicted octanol–water partition coefficient (Wildman–Crippen LogP) is 5.91. The van der Waals surface area contributed by atoms with Gasteiger partial charge in [-0.2, -0.15) is 5.26 Å². The van der Waals surface area contributed by atoms with E-state index in [-0.39, 0.29) is 17.5 Å². The molecule has 1 aliphatic carbocycles. The molecule has 7 heteroatoms. The maximum Gasteiger partial charge on any atom is 0.336 e. The van der Waals surface area contributed by atoms with Crippen molar-refractivity contribution in [3.63, 3.8) is 0 Å².